The number of ether oxygens (including phenoxy) is 2. The molecule has 0 fully saturated rings. The van der Waals surface area contributed by atoms with Gasteiger partial charge in [0.2, 0.25) is 0 Å². The van der Waals surface area contributed by atoms with Gasteiger partial charge in [0.05, 0.1) is 23.9 Å². The molecule has 1 aromatic carbocycles. The minimum Gasteiger partial charge on any atom is -0.490 e. The fraction of sp³-hybridized carbons (Fsp3) is 0.538. The number of nitrogens with one attached hydrogen (secondary N) is 1. The van der Waals surface area contributed by atoms with Crippen LogP contribution in [0.1, 0.15) is 24.4 Å². The van der Waals surface area contributed by atoms with E-state index >= 15 is 0 Å². The highest BCUT2D eigenvalue weighted by Crippen LogP contribution is 2.40. The molecule has 6 heteroatoms. The summed E-state index contributed by atoms with van der Waals surface area (Å²) in [5.41, 5.74) is 0.790. The van der Waals surface area contributed by atoms with E-state index < -0.39 is 9.84 Å². The first-order chi connectivity index (χ1) is 9.12. The Morgan fingerprint density at radius 1 is 1.21 bits per heavy atom. The third kappa shape index (κ3) is 2.19. The van der Waals surface area contributed by atoms with Gasteiger partial charge in [-0.1, -0.05) is 0 Å². The van der Waals surface area contributed by atoms with Gasteiger partial charge in [0, 0.05) is 18.5 Å². The third-order valence-corrected chi connectivity index (χ3v) is 5.41. The highest BCUT2D eigenvalue weighted by molar-refractivity contribution is 7.91. The summed E-state index contributed by atoms with van der Waals surface area (Å²) in [5, 5.41) is 3.16. The summed E-state index contributed by atoms with van der Waals surface area (Å²) in [4.78, 5) is 0.377. The molecule has 1 aromatic rings. The van der Waals surface area contributed by atoms with E-state index in [4.69, 9.17) is 9.47 Å². The van der Waals surface area contributed by atoms with E-state index in [1.165, 1.54) is 0 Å². The van der Waals surface area contributed by atoms with Gasteiger partial charge in [0.15, 0.2) is 21.3 Å². The van der Waals surface area contributed by atoms with Crippen LogP contribution < -0.4 is 14.8 Å². The van der Waals surface area contributed by atoms with Gasteiger partial charge in [-0.2, -0.15) is 0 Å². The third-order valence-electron chi connectivity index (χ3n) is 3.61. The normalized spacial score (nSPS) is 24.4. The number of fused-ring (bicyclic) bond motifs is 2. The molecule has 19 heavy (non-hydrogen) atoms. The van der Waals surface area contributed by atoms with Crippen LogP contribution in [0.5, 0.6) is 11.5 Å². The van der Waals surface area contributed by atoms with E-state index in [-0.39, 0.29) is 11.8 Å². The van der Waals surface area contributed by atoms with E-state index in [0.29, 0.717) is 36.0 Å². The maximum Gasteiger partial charge on any atom is 0.178 e. The van der Waals surface area contributed by atoms with Crippen LogP contribution in [0.4, 0.5) is 0 Å². The van der Waals surface area contributed by atoms with E-state index in [1.54, 1.807) is 6.07 Å². The van der Waals surface area contributed by atoms with Gasteiger partial charge in [-0.3, -0.25) is 0 Å². The Bertz CT molecular complexity index is 597. The lowest BCUT2D eigenvalue weighted by Gasteiger charge is -2.26. The van der Waals surface area contributed by atoms with E-state index in [2.05, 4.69) is 5.32 Å². The molecule has 0 aromatic heterocycles. The van der Waals surface area contributed by atoms with E-state index in [9.17, 15) is 8.42 Å². The van der Waals surface area contributed by atoms with E-state index in [1.807, 2.05) is 13.1 Å². The van der Waals surface area contributed by atoms with Crippen molar-refractivity contribution in [1.29, 1.82) is 0 Å². The first kappa shape index (κ1) is 12.7. The van der Waals surface area contributed by atoms with Crippen LogP contribution in [0.3, 0.4) is 0 Å². The topological polar surface area (TPSA) is 64.6 Å². The van der Waals surface area contributed by atoms with Crippen LogP contribution in [0.15, 0.2) is 17.0 Å². The van der Waals surface area contributed by atoms with Crippen molar-refractivity contribution in [2.24, 2.45) is 0 Å². The first-order valence-corrected chi connectivity index (χ1v) is 8.10. The van der Waals surface area contributed by atoms with Crippen molar-refractivity contribution < 1.29 is 17.9 Å². The highest BCUT2D eigenvalue weighted by Gasteiger charge is 2.31. The second-order valence-electron chi connectivity index (χ2n) is 4.84. The van der Waals surface area contributed by atoms with Gasteiger partial charge in [-0.05, 0) is 25.1 Å². The van der Waals surface area contributed by atoms with Crippen LogP contribution in [-0.4, -0.2) is 34.4 Å². The predicted octanol–water partition coefficient (Wildman–Crippen LogP) is 1.29. The van der Waals surface area contributed by atoms with Gasteiger partial charge in [-0.25, -0.2) is 8.42 Å². The van der Waals surface area contributed by atoms with Crippen LogP contribution >= 0.6 is 0 Å². The zero-order valence-electron chi connectivity index (χ0n) is 10.8. The summed E-state index contributed by atoms with van der Waals surface area (Å²) in [5.74, 6) is 1.36. The fourth-order valence-electron chi connectivity index (χ4n) is 2.59. The summed E-state index contributed by atoms with van der Waals surface area (Å²) in [6, 6.07) is 3.48. The molecule has 1 N–H and O–H groups in total. The maximum absolute atomic E-state index is 12.2. The largest absolute Gasteiger partial charge is 0.490 e. The molecule has 0 radical (unpaired) electrons. The zero-order chi connectivity index (χ0) is 13.5. The summed E-state index contributed by atoms with van der Waals surface area (Å²) in [6.45, 7) is 1.16. The average molecular weight is 283 g/mol. The second-order valence-corrected chi connectivity index (χ2v) is 6.91. The Balaban J connectivity index is 2.17. The van der Waals surface area contributed by atoms with Crippen molar-refractivity contribution in [2.45, 2.75) is 23.8 Å². The molecule has 2 heterocycles. The molecule has 2 aliphatic rings. The van der Waals surface area contributed by atoms with Crippen molar-refractivity contribution in [3.63, 3.8) is 0 Å². The number of hydrogen-bond acceptors (Lipinski definition) is 5. The Morgan fingerprint density at radius 3 is 2.58 bits per heavy atom. The molecule has 2 aliphatic heterocycles. The average Bonchev–Trinajstić information content (AvgIpc) is 2.62. The molecule has 0 saturated carbocycles. The van der Waals surface area contributed by atoms with Gasteiger partial charge >= 0.3 is 0 Å². The highest BCUT2D eigenvalue weighted by atomic mass is 32.2. The molecule has 1 unspecified atom stereocenters. The lowest BCUT2D eigenvalue weighted by atomic mass is 10.0. The van der Waals surface area contributed by atoms with Crippen molar-refractivity contribution in [2.75, 3.05) is 26.0 Å². The quantitative estimate of drug-likeness (QED) is 0.841. The minimum absolute atomic E-state index is 0.0516. The van der Waals surface area contributed by atoms with Gasteiger partial charge < -0.3 is 14.8 Å². The zero-order valence-corrected chi connectivity index (χ0v) is 11.6. The van der Waals surface area contributed by atoms with Crippen LogP contribution in [0, 0.1) is 0 Å². The Labute approximate surface area is 112 Å². The molecule has 3 rings (SSSR count). The molecule has 0 bridgehead atoms. The van der Waals surface area contributed by atoms with Gasteiger partial charge in [0.25, 0.3) is 0 Å². The van der Waals surface area contributed by atoms with Crippen LogP contribution in [0.25, 0.3) is 0 Å². The second kappa shape index (κ2) is 4.68. The molecule has 0 saturated heterocycles. The van der Waals surface area contributed by atoms with Crippen LogP contribution in [-0.2, 0) is 9.84 Å². The summed E-state index contributed by atoms with van der Waals surface area (Å²) in [6.07, 6.45) is 1.40. The smallest absolute Gasteiger partial charge is 0.178 e. The summed E-state index contributed by atoms with van der Waals surface area (Å²) < 4.78 is 35.6. The SMILES string of the molecule is CNC1CCS(=O)(=O)c2cc3c(cc21)OCCCO3. The standard InChI is InChI=1S/C13H17NO4S/c1-14-10-3-6-19(15,16)13-8-12-11(7-9(10)13)17-4-2-5-18-12/h7-8,10,14H,2-6H2,1H3. The Morgan fingerprint density at radius 2 is 1.89 bits per heavy atom. The Kier molecular flexibility index (Phi) is 3.14. The van der Waals surface area contributed by atoms with Crippen molar-refractivity contribution in [3.05, 3.63) is 17.7 Å². The summed E-state index contributed by atoms with van der Waals surface area (Å²) >= 11 is 0. The lowest BCUT2D eigenvalue weighted by molar-refractivity contribution is 0.296. The Hall–Kier alpha value is -1.27. The molecule has 104 valence electrons. The number of rotatable bonds is 1. The number of sulfone groups is 1. The van der Waals surface area contributed by atoms with Crippen molar-refractivity contribution >= 4 is 9.84 Å². The van der Waals surface area contributed by atoms with Crippen molar-refractivity contribution in [3.8, 4) is 11.5 Å². The van der Waals surface area contributed by atoms with E-state index in [0.717, 1.165) is 12.0 Å². The van der Waals surface area contributed by atoms with Gasteiger partial charge in [-0.15, -0.1) is 0 Å². The molecule has 0 aliphatic carbocycles. The van der Waals surface area contributed by atoms with Gasteiger partial charge in [0.1, 0.15) is 0 Å². The number of benzene rings is 1. The fourth-order valence-corrected chi connectivity index (χ4v) is 4.20. The molecule has 5 nitrogen and oxygen atoms in total. The van der Waals surface area contributed by atoms with Crippen LogP contribution in [0.2, 0.25) is 0 Å². The number of hydrogen-bond donors (Lipinski definition) is 1. The predicted molar refractivity (Wildman–Crippen MR) is 70.5 cm³/mol. The van der Waals surface area contributed by atoms with Crippen molar-refractivity contribution in [1.82, 2.24) is 5.32 Å². The molecular formula is C13H17NO4S. The first-order valence-electron chi connectivity index (χ1n) is 6.45. The molecule has 0 amide bonds. The molecule has 0 spiro atoms. The monoisotopic (exact) mass is 283 g/mol. The minimum atomic E-state index is -3.21. The lowest BCUT2D eigenvalue weighted by Crippen LogP contribution is -2.27. The molecular weight excluding hydrogens is 266 g/mol. The maximum atomic E-state index is 12.2. The summed E-state index contributed by atoms with van der Waals surface area (Å²) in [7, 11) is -1.36. The molecule has 1 atom stereocenters.